The lowest BCUT2D eigenvalue weighted by molar-refractivity contribution is 0.235. The second-order valence-electron chi connectivity index (χ2n) is 8.96. The zero-order chi connectivity index (χ0) is 19.1. The summed E-state index contributed by atoms with van der Waals surface area (Å²) in [4.78, 5) is 0. The van der Waals surface area contributed by atoms with Crippen molar-refractivity contribution in [3.8, 4) is 0 Å². The van der Waals surface area contributed by atoms with Gasteiger partial charge in [-0.1, -0.05) is 76.9 Å². The van der Waals surface area contributed by atoms with Gasteiger partial charge in [-0.25, -0.2) is 8.78 Å². The summed E-state index contributed by atoms with van der Waals surface area (Å²) >= 11 is 0. The third kappa shape index (κ3) is 6.16. The van der Waals surface area contributed by atoms with Gasteiger partial charge in [0.1, 0.15) is 0 Å². The molecule has 0 spiro atoms. The van der Waals surface area contributed by atoms with E-state index in [9.17, 15) is 8.78 Å². The zero-order valence-corrected chi connectivity index (χ0v) is 17.0. The summed E-state index contributed by atoms with van der Waals surface area (Å²) in [5.41, 5.74) is 2.05. The van der Waals surface area contributed by atoms with Crippen LogP contribution in [0.5, 0.6) is 0 Å². The van der Waals surface area contributed by atoms with Crippen LogP contribution in [-0.2, 0) is 0 Å². The summed E-state index contributed by atoms with van der Waals surface area (Å²) in [5, 5.41) is 0. The Morgan fingerprint density at radius 2 is 1.52 bits per heavy atom. The Labute approximate surface area is 164 Å². The lowest BCUT2D eigenvalue weighted by atomic mass is 9.76. The number of hydrogen-bond acceptors (Lipinski definition) is 0. The molecule has 2 heteroatoms. The van der Waals surface area contributed by atoms with Gasteiger partial charge in [-0.3, -0.25) is 0 Å². The molecule has 0 saturated heterocycles. The third-order valence-electron chi connectivity index (χ3n) is 6.98. The molecule has 1 saturated carbocycles. The quantitative estimate of drug-likeness (QED) is 0.401. The van der Waals surface area contributed by atoms with Crippen LogP contribution in [0.4, 0.5) is 8.78 Å². The highest BCUT2D eigenvalue weighted by atomic mass is 19.2. The van der Waals surface area contributed by atoms with Crippen molar-refractivity contribution in [2.75, 3.05) is 0 Å². The van der Waals surface area contributed by atoms with Crippen molar-refractivity contribution in [1.29, 1.82) is 0 Å². The number of benzene rings is 1. The standard InChI is InChI=1S/C25H36F2/c1-2-3-4-5-19-6-8-20(9-7-19)10-11-21-12-14-22(15-13-21)23-16-17-24(26)25(27)18-23/h14,16-21H,2-13,15H2,1H3. The SMILES string of the molecule is CCCCCC1CCC(CCC2CC=C(c3ccc(F)c(F)c3)CC2)CC1. The molecule has 0 bridgehead atoms. The Kier molecular flexibility index (Phi) is 7.91. The van der Waals surface area contributed by atoms with Crippen LogP contribution in [0.2, 0.25) is 0 Å². The summed E-state index contributed by atoms with van der Waals surface area (Å²) in [6.45, 7) is 2.29. The summed E-state index contributed by atoms with van der Waals surface area (Å²) < 4.78 is 26.6. The molecule has 1 fully saturated rings. The minimum Gasteiger partial charge on any atom is -0.204 e. The molecular formula is C25H36F2. The molecule has 150 valence electrons. The summed E-state index contributed by atoms with van der Waals surface area (Å²) in [6.07, 6.45) is 19.7. The second kappa shape index (κ2) is 10.4. The van der Waals surface area contributed by atoms with Crippen molar-refractivity contribution in [3.63, 3.8) is 0 Å². The highest BCUT2D eigenvalue weighted by molar-refractivity contribution is 5.66. The Morgan fingerprint density at radius 1 is 0.815 bits per heavy atom. The molecule has 0 radical (unpaired) electrons. The van der Waals surface area contributed by atoms with Gasteiger partial charge >= 0.3 is 0 Å². The summed E-state index contributed by atoms with van der Waals surface area (Å²) in [7, 11) is 0. The van der Waals surface area contributed by atoms with Crippen LogP contribution in [0, 0.1) is 29.4 Å². The van der Waals surface area contributed by atoms with Crippen LogP contribution in [-0.4, -0.2) is 0 Å². The maximum atomic E-state index is 13.4. The highest BCUT2D eigenvalue weighted by Crippen LogP contribution is 2.38. The van der Waals surface area contributed by atoms with Gasteiger partial charge in [0.05, 0.1) is 0 Å². The molecule has 1 unspecified atom stereocenters. The minimum absolute atomic E-state index is 0.735. The molecule has 0 aliphatic heterocycles. The van der Waals surface area contributed by atoms with Crippen LogP contribution in [0.3, 0.4) is 0 Å². The fourth-order valence-electron chi connectivity index (χ4n) is 5.07. The Hall–Kier alpha value is -1.18. The van der Waals surface area contributed by atoms with Crippen molar-refractivity contribution >= 4 is 5.57 Å². The molecule has 2 aliphatic carbocycles. The maximum Gasteiger partial charge on any atom is 0.159 e. The number of unbranched alkanes of at least 4 members (excludes halogenated alkanes) is 2. The molecule has 1 aromatic rings. The van der Waals surface area contributed by atoms with Crippen molar-refractivity contribution < 1.29 is 8.78 Å². The molecule has 1 atom stereocenters. The Morgan fingerprint density at radius 3 is 2.15 bits per heavy atom. The molecule has 0 nitrogen and oxygen atoms in total. The maximum absolute atomic E-state index is 13.4. The molecule has 0 N–H and O–H groups in total. The van der Waals surface area contributed by atoms with Gasteiger partial charge in [-0.2, -0.15) is 0 Å². The van der Waals surface area contributed by atoms with Gasteiger partial charge < -0.3 is 0 Å². The number of halogens is 2. The first-order valence-corrected chi connectivity index (χ1v) is 11.3. The van der Waals surface area contributed by atoms with Gasteiger partial charge in [-0.15, -0.1) is 0 Å². The van der Waals surface area contributed by atoms with Crippen molar-refractivity contribution in [2.45, 2.75) is 90.4 Å². The first kappa shape index (κ1) is 20.6. The molecule has 3 rings (SSSR count). The second-order valence-corrected chi connectivity index (χ2v) is 8.96. The number of rotatable bonds is 8. The van der Waals surface area contributed by atoms with E-state index in [-0.39, 0.29) is 0 Å². The Bertz CT molecular complexity index is 611. The molecule has 0 amide bonds. The van der Waals surface area contributed by atoms with Gasteiger partial charge in [0.15, 0.2) is 11.6 Å². The number of hydrogen-bond donors (Lipinski definition) is 0. The number of allylic oxidation sites excluding steroid dienone is 2. The van der Waals surface area contributed by atoms with E-state index in [2.05, 4.69) is 13.0 Å². The van der Waals surface area contributed by atoms with Crippen LogP contribution < -0.4 is 0 Å². The van der Waals surface area contributed by atoms with Crippen LogP contribution in [0.25, 0.3) is 5.57 Å². The van der Waals surface area contributed by atoms with E-state index in [0.29, 0.717) is 0 Å². The van der Waals surface area contributed by atoms with Crippen molar-refractivity contribution in [1.82, 2.24) is 0 Å². The first-order chi connectivity index (χ1) is 13.2. The van der Waals surface area contributed by atoms with E-state index in [1.807, 2.05) is 0 Å². The predicted octanol–water partition coefficient (Wildman–Crippen LogP) is 8.32. The summed E-state index contributed by atoms with van der Waals surface area (Å²) in [6, 6.07) is 4.31. The highest BCUT2D eigenvalue weighted by Gasteiger charge is 2.23. The van der Waals surface area contributed by atoms with Crippen molar-refractivity contribution in [2.24, 2.45) is 17.8 Å². The predicted molar refractivity (Wildman–Crippen MR) is 111 cm³/mol. The van der Waals surface area contributed by atoms with E-state index < -0.39 is 11.6 Å². The lowest BCUT2D eigenvalue weighted by Crippen LogP contribution is -2.16. The lowest BCUT2D eigenvalue weighted by Gasteiger charge is -2.30. The Balaban J connectivity index is 1.37. The molecule has 2 aliphatic rings. The zero-order valence-electron chi connectivity index (χ0n) is 17.0. The largest absolute Gasteiger partial charge is 0.204 e. The summed E-state index contributed by atoms with van der Waals surface area (Å²) in [5.74, 6) is 1.24. The van der Waals surface area contributed by atoms with Crippen LogP contribution in [0.15, 0.2) is 24.3 Å². The van der Waals surface area contributed by atoms with E-state index in [1.165, 1.54) is 88.3 Å². The van der Waals surface area contributed by atoms with Gasteiger partial charge in [-0.05, 0) is 66.7 Å². The van der Waals surface area contributed by atoms with Gasteiger partial charge in [0.2, 0.25) is 0 Å². The van der Waals surface area contributed by atoms with E-state index >= 15 is 0 Å². The van der Waals surface area contributed by atoms with E-state index in [0.717, 1.165) is 36.2 Å². The van der Waals surface area contributed by atoms with Crippen LogP contribution in [0.1, 0.15) is 96.0 Å². The normalized spacial score (nSPS) is 26.0. The van der Waals surface area contributed by atoms with Crippen LogP contribution >= 0.6 is 0 Å². The molecule has 0 aromatic heterocycles. The minimum atomic E-state index is -0.756. The van der Waals surface area contributed by atoms with Gasteiger partial charge in [0, 0.05) is 0 Å². The van der Waals surface area contributed by atoms with Crippen molar-refractivity contribution in [3.05, 3.63) is 41.5 Å². The average molecular weight is 375 g/mol. The molecule has 1 aromatic carbocycles. The van der Waals surface area contributed by atoms with E-state index in [1.54, 1.807) is 6.07 Å². The molecule has 0 heterocycles. The van der Waals surface area contributed by atoms with Gasteiger partial charge in [0.25, 0.3) is 0 Å². The average Bonchev–Trinajstić information content (AvgIpc) is 2.70. The monoisotopic (exact) mass is 374 g/mol. The fourth-order valence-corrected chi connectivity index (χ4v) is 5.07. The topological polar surface area (TPSA) is 0 Å². The molecule has 27 heavy (non-hydrogen) atoms. The fraction of sp³-hybridized carbons (Fsp3) is 0.680. The first-order valence-electron chi connectivity index (χ1n) is 11.3. The smallest absolute Gasteiger partial charge is 0.159 e. The van der Waals surface area contributed by atoms with E-state index in [4.69, 9.17) is 0 Å². The third-order valence-corrected chi connectivity index (χ3v) is 6.98. The molecular weight excluding hydrogens is 338 g/mol.